The molecule has 4 heteroatoms. The van der Waals surface area contributed by atoms with Crippen LogP contribution in [0.5, 0.6) is 0 Å². The minimum Gasteiger partial charge on any atom is -0.375 e. The fourth-order valence-electron chi connectivity index (χ4n) is 4.37. The zero-order chi connectivity index (χ0) is 13.3. The van der Waals surface area contributed by atoms with E-state index in [0.717, 1.165) is 19.7 Å². The van der Waals surface area contributed by atoms with Crippen molar-refractivity contribution in [2.45, 2.75) is 56.2 Å². The Morgan fingerprint density at radius 1 is 1.26 bits per heavy atom. The molecule has 2 atom stereocenters. The summed E-state index contributed by atoms with van der Waals surface area (Å²) >= 11 is 0. The molecule has 19 heavy (non-hydrogen) atoms. The topological polar surface area (TPSA) is 41.7 Å². The van der Waals surface area contributed by atoms with Crippen molar-refractivity contribution in [1.29, 1.82) is 0 Å². The Balaban J connectivity index is 1.67. The first kappa shape index (κ1) is 13.8. The van der Waals surface area contributed by atoms with Gasteiger partial charge in [-0.15, -0.1) is 0 Å². The summed E-state index contributed by atoms with van der Waals surface area (Å²) in [5.41, 5.74) is 6.24. The highest BCUT2D eigenvalue weighted by atomic mass is 16.5. The fraction of sp³-hybridized carbons (Fsp3) is 1.00. The van der Waals surface area contributed by atoms with Gasteiger partial charge in [0.15, 0.2) is 0 Å². The maximum absolute atomic E-state index is 6.17. The van der Waals surface area contributed by atoms with Gasteiger partial charge < -0.3 is 15.4 Å². The van der Waals surface area contributed by atoms with Crippen molar-refractivity contribution in [3.63, 3.8) is 0 Å². The molecule has 2 aliphatic heterocycles. The lowest BCUT2D eigenvalue weighted by Gasteiger charge is -2.48. The molecule has 2 unspecified atom stereocenters. The van der Waals surface area contributed by atoms with Gasteiger partial charge in [0, 0.05) is 44.9 Å². The molecular formula is C15H29N3O. The van der Waals surface area contributed by atoms with Gasteiger partial charge in [-0.25, -0.2) is 0 Å². The molecule has 2 heterocycles. The average molecular weight is 267 g/mol. The van der Waals surface area contributed by atoms with Gasteiger partial charge in [0.05, 0.1) is 5.60 Å². The molecule has 110 valence electrons. The molecule has 0 aromatic rings. The summed E-state index contributed by atoms with van der Waals surface area (Å²) in [4.78, 5) is 5.11. The van der Waals surface area contributed by atoms with Gasteiger partial charge in [0.2, 0.25) is 0 Å². The van der Waals surface area contributed by atoms with Gasteiger partial charge in [-0.2, -0.15) is 0 Å². The lowest BCUT2D eigenvalue weighted by molar-refractivity contribution is -0.112. The molecule has 0 radical (unpaired) electrons. The molecule has 1 spiro atoms. The standard InChI is InChI=1S/C15H29N3O/c1-17-7-8-18(14(11-16)12-17)13-4-9-19-15(10-13)5-2-3-6-15/h13-14H,2-12,16H2,1H3. The van der Waals surface area contributed by atoms with Crippen LogP contribution < -0.4 is 5.73 Å². The minimum atomic E-state index is 0.228. The Hall–Kier alpha value is -0.160. The number of rotatable bonds is 2. The van der Waals surface area contributed by atoms with Crippen LogP contribution in [-0.2, 0) is 4.74 Å². The SMILES string of the molecule is CN1CCN(C2CCOC3(CCCC3)C2)C(CN)C1. The van der Waals surface area contributed by atoms with E-state index < -0.39 is 0 Å². The lowest BCUT2D eigenvalue weighted by Crippen LogP contribution is -2.60. The van der Waals surface area contributed by atoms with Crippen LogP contribution in [0.2, 0.25) is 0 Å². The number of likely N-dealkylation sites (N-methyl/N-ethyl adjacent to an activating group) is 1. The number of piperazine rings is 1. The van der Waals surface area contributed by atoms with Crippen molar-refractivity contribution < 1.29 is 4.74 Å². The number of hydrogen-bond donors (Lipinski definition) is 1. The second kappa shape index (κ2) is 5.68. The van der Waals surface area contributed by atoms with Crippen LogP contribution >= 0.6 is 0 Å². The third-order valence-electron chi connectivity index (χ3n) is 5.45. The van der Waals surface area contributed by atoms with Crippen molar-refractivity contribution in [3.8, 4) is 0 Å². The van der Waals surface area contributed by atoms with Gasteiger partial charge in [0.1, 0.15) is 0 Å². The molecule has 3 aliphatic rings. The molecule has 3 rings (SSSR count). The molecule has 0 amide bonds. The molecule has 1 aliphatic carbocycles. The van der Waals surface area contributed by atoms with Crippen molar-refractivity contribution >= 4 is 0 Å². The third-order valence-corrected chi connectivity index (χ3v) is 5.45. The summed E-state index contributed by atoms with van der Waals surface area (Å²) in [5, 5.41) is 0. The van der Waals surface area contributed by atoms with Crippen molar-refractivity contribution in [1.82, 2.24) is 9.80 Å². The van der Waals surface area contributed by atoms with Gasteiger partial charge >= 0.3 is 0 Å². The van der Waals surface area contributed by atoms with Crippen LogP contribution in [0.3, 0.4) is 0 Å². The zero-order valence-electron chi connectivity index (χ0n) is 12.3. The second-order valence-electron chi connectivity index (χ2n) is 6.77. The Bertz CT molecular complexity index is 304. The Morgan fingerprint density at radius 2 is 2.05 bits per heavy atom. The van der Waals surface area contributed by atoms with E-state index in [4.69, 9.17) is 10.5 Å². The minimum absolute atomic E-state index is 0.228. The highest BCUT2D eigenvalue weighted by Gasteiger charge is 2.43. The average Bonchev–Trinajstić information content (AvgIpc) is 2.86. The molecular weight excluding hydrogens is 238 g/mol. The van der Waals surface area contributed by atoms with Crippen LogP contribution in [0.25, 0.3) is 0 Å². The molecule has 1 saturated carbocycles. The van der Waals surface area contributed by atoms with E-state index >= 15 is 0 Å². The molecule has 4 nitrogen and oxygen atoms in total. The molecule has 0 aromatic heterocycles. The van der Waals surface area contributed by atoms with E-state index in [2.05, 4.69) is 16.8 Å². The second-order valence-corrected chi connectivity index (χ2v) is 6.77. The first-order valence-corrected chi connectivity index (χ1v) is 8.01. The summed E-state index contributed by atoms with van der Waals surface area (Å²) < 4.78 is 6.17. The Labute approximate surface area is 117 Å². The normalized spacial score (nSPS) is 36.9. The summed E-state index contributed by atoms with van der Waals surface area (Å²) in [7, 11) is 2.21. The monoisotopic (exact) mass is 267 g/mol. The van der Waals surface area contributed by atoms with Gasteiger partial charge in [0.25, 0.3) is 0 Å². The molecule has 2 N–H and O–H groups in total. The van der Waals surface area contributed by atoms with Crippen molar-refractivity contribution in [3.05, 3.63) is 0 Å². The molecule has 0 bridgehead atoms. The zero-order valence-corrected chi connectivity index (χ0v) is 12.3. The Morgan fingerprint density at radius 3 is 2.79 bits per heavy atom. The quantitative estimate of drug-likeness (QED) is 0.812. The summed E-state index contributed by atoms with van der Waals surface area (Å²) in [6.45, 7) is 5.23. The summed E-state index contributed by atoms with van der Waals surface area (Å²) in [6.07, 6.45) is 7.72. The molecule has 0 aromatic carbocycles. The van der Waals surface area contributed by atoms with E-state index in [-0.39, 0.29) is 5.60 Å². The lowest BCUT2D eigenvalue weighted by atomic mass is 9.87. The van der Waals surface area contributed by atoms with E-state index in [9.17, 15) is 0 Å². The maximum atomic E-state index is 6.17. The van der Waals surface area contributed by atoms with E-state index in [1.807, 2.05) is 0 Å². The number of nitrogens with zero attached hydrogens (tertiary/aromatic N) is 2. The highest BCUT2D eigenvalue weighted by molar-refractivity contribution is 4.96. The van der Waals surface area contributed by atoms with Crippen LogP contribution in [0.4, 0.5) is 0 Å². The first-order chi connectivity index (χ1) is 9.22. The molecule has 2 saturated heterocycles. The van der Waals surface area contributed by atoms with E-state index in [1.54, 1.807) is 0 Å². The van der Waals surface area contributed by atoms with Crippen molar-refractivity contribution in [2.24, 2.45) is 5.73 Å². The number of hydrogen-bond acceptors (Lipinski definition) is 4. The van der Waals surface area contributed by atoms with Crippen LogP contribution in [0.1, 0.15) is 38.5 Å². The van der Waals surface area contributed by atoms with Gasteiger partial charge in [-0.3, -0.25) is 4.90 Å². The van der Waals surface area contributed by atoms with E-state index in [0.29, 0.717) is 12.1 Å². The van der Waals surface area contributed by atoms with Crippen molar-refractivity contribution in [2.75, 3.05) is 39.8 Å². The Kier molecular flexibility index (Phi) is 4.13. The summed E-state index contributed by atoms with van der Waals surface area (Å²) in [6, 6.07) is 1.24. The van der Waals surface area contributed by atoms with Crippen LogP contribution in [-0.4, -0.2) is 67.3 Å². The van der Waals surface area contributed by atoms with Gasteiger partial charge in [-0.1, -0.05) is 12.8 Å². The number of ether oxygens (including phenoxy) is 1. The third kappa shape index (κ3) is 2.82. The maximum Gasteiger partial charge on any atom is 0.0697 e. The smallest absolute Gasteiger partial charge is 0.0697 e. The van der Waals surface area contributed by atoms with E-state index in [1.165, 1.54) is 51.6 Å². The van der Waals surface area contributed by atoms with Gasteiger partial charge in [-0.05, 0) is 32.7 Å². The predicted molar refractivity (Wildman–Crippen MR) is 77.2 cm³/mol. The predicted octanol–water partition coefficient (Wildman–Crippen LogP) is 1.05. The van der Waals surface area contributed by atoms with Crippen LogP contribution in [0.15, 0.2) is 0 Å². The summed E-state index contributed by atoms with van der Waals surface area (Å²) in [5.74, 6) is 0. The first-order valence-electron chi connectivity index (χ1n) is 8.01. The van der Waals surface area contributed by atoms with Crippen LogP contribution in [0, 0.1) is 0 Å². The fourth-order valence-corrected chi connectivity index (χ4v) is 4.37. The molecule has 3 fully saturated rings. The largest absolute Gasteiger partial charge is 0.375 e. The number of nitrogens with two attached hydrogens (primary N) is 1. The highest BCUT2D eigenvalue weighted by Crippen LogP contribution is 2.41.